The van der Waals surface area contributed by atoms with Crippen LogP contribution in [0.5, 0.6) is 5.75 Å². The van der Waals surface area contributed by atoms with Crippen molar-refractivity contribution in [3.63, 3.8) is 0 Å². The van der Waals surface area contributed by atoms with Gasteiger partial charge in [-0.25, -0.2) is 4.98 Å². The molecular weight excluding hydrogens is 442 g/mol. The predicted molar refractivity (Wildman–Crippen MR) is 132 cm³/mol. The third kappa shape index (κ3) is 6.22. The Hall–Kier alpha value is -4.22. The Labute approximate surface area is 204 Å². The summed E-state index contributed by atoms with van der Waals surface area (Å²) >= 11 is 0. The molecule has 0 radical (unpaired) electrons. The molecule has 3 aromatic rings. The lowest BCUT2D eigenvalue weighted by atomic mass is 10.1. The van der Waals surface area contributed by atoms with Crippen LogP contribution in [0, 0.1) is 11.3 Å². The molecule has 0 saturated carbocycles. The Kier molecular flexibility index (Phi) is 7.70. The number of rotatable bonds is 9. The van der Waals surface area contributed by atoms with E-state index in [1.807, 2.05) is 42.5 Å². The van der Waals surface area contributed by atoms with E-state index in [1.54, 1.807) is 36.2 Å². The Morgan fingerprint density at radius 2 is 1.94 bits per heavy atom. The number of benzene rings is 2. The summed E-state index contributed by atoms with van der Waals surface area (Å²) in [7, 11) is 1.75. The van der Waals surface area contributed by atoms with Crippen molar-refractivity contribution in [2.45, 2.75) is 25.0 Å². The number of nitriles is 1. The topological polar surface area (TPSA) is 107 Å². The van der Waals surface area contributed by atoms with E-state index in [9.17, 15) is 9.59 Å². The largest absolute Gasteiger partial charge is 0.479 e. The van der Waals surface area contributed by atoms with Gasteiger partial charge < -0.3 is 20.3 Å². The zero-order chi connectivity index (χ0) is 24.6. The van der Waals surface area contributed by atoms with Gasteiger partial charge in [0.1, 0.15) is 17.6 Å². The third-order valence-corrected chi connectivity index (χ3v) is 5.88. The first kappa shape index (κ1) is 23.9. The zero-order valence-electron chi connectivity index (χ0n) is 19.5. The number of carbonyl (C=O) groups excluding carboxylic acids is 2. The van der Waals surface area contributed by atoms with Crippen LogP contribution in [-0.2, 0) is 16.0 Å². The van der Waals surface area contributed by atoms with Crippen molar-refractivity contribution in [1.29, 1.82) is 5.26 Å². The van der Waals surface area contributed by atoms with E-state index in [4.69, 9.17) is 10.00 Å². The summed E-state index contributed by atoms with van der Waals surface area (Å²) in [6, 6.07) is 21.8. The van der Waals surface area contributed by atoms with E-state index in [0.717, 1.165) is 11.1 Å². The molecule has 2 aromatic carbocycles. The normalized spacial score (nSPS) is 15.9. The SMILES string of the molecule is CN1CC[C@@H](Oc2ccc(NC(=O)[C@@H](NCCc3ccc(C#N)cc3)c3ccccc3)nc2)C1=O. The number of hydrogen-bond donors (Lipinski definition) is 2. The molecule has 35 heavy (non-hydrogen) atoms. The van der Waals surface area contributed by atoms with Crippen LogP contribution in [0.1, 0.15) is 29.2 Å². The van der Waals surface area contributed by atoms with Crippen molar-refractivity contribution in [1.82, 2.24) is 15.2 Å². The number of carbonyl (C=O) groups is 2. The molecule has 2 amide bonds. The lowest BCUT2D eigenvalue weighted by Crippen LogP contribution is -2.34. The molecule has 0 bridgehead atoms. The maximum absolute atomic E-state index is 13.2. The molecule has 4 rings (SSSR count). The highest BCUT2D eigenvalue weighted by molar-refractivity contribution is 5.94. The van der Waals surface area contributed by atoms with Crippen LogP contribution in [0.4, 0.5) is 5.82 Å². The average molecular weight is 470 g/mol. The van der Waals surface area contributed by atoms with Crippen LogP contribution < -0.4 is 15.4 Å². The molecule has 178 valence electrons. The third-order valence-electron chi connectivity index (χ3n) is 5.88. The number of nitrogens with one attached hydrogen (secondary N) is 2. The van der Waals surface area contributed by atoms with Gasteiger partial charge in [-0.3, -0.25) is 9.59 Å². The van der Waals surface area contributed by atoms with E-state index < -0.39 is 12.1 Å². The fourth-order valence-corrected chi connectivity index (χ4v) is 3.90. The molecule has 1 aromatic heterocycles. The number of aromatic nitrogens is 1. The van der Waals surface area contributed by atoms with Crippen LogP contribution in [0.3, 0.4) is 0 Å². The molecule has 0 unspecified atom stereocenters. The lowest BCUT2D eigenvalue weighted by molar-refractivity contribution is -0.132. The summed E-state index contributed by atoms with van der Waals surface area (Å²) in [5.74, 6) is 0.605. The highest BCUT2D eigenvalue weighted by atomic mass is 16.5. The Morgan fingerprint density at radius 1 is 1.17 bits per heavy atom. The second kappa shape index (κ2) is 11.3. The molecule has 0 aliphatic carbocycles. The predicted octanol–water partition coefficient (Wildman–Crippen LogP) is 3.07. The van der Waals surface area contributed by atoms with Crippen molar-refractivity contribution >= 4 is 17.6 Å². The van der Waals surface area contributed by atoms with Crippen molar-refractivity contribution in [2.24, 2.45) is 0 Å². The van der Waals surface area contributed by atoms with Gasteiger partial charge in [-0.05, 0) is 41.8 Å². The van der Waals surface area contributed by atoms with E-state index >= 15 is 0 Å². The number of nitrogens with zero attached hydrogens (tertiary/aromatic N) is 3. The summed E-state index contributed by atoms with van der Waals surface area (Å²) in [5.41, 5.74) is 2.54. The van der Waals surface area contributed by atoms with E-state index in [2.05, 4.69) is 21.7 Å². The van der Waals surface area contributed by atoms with Crippen molar-refractivity contribution in [2.75, 3.05) is 25.5 Å². The molecule has 8 nitrogen and oxygen atoms in total. The van der Waals surface area contributed by atoms with Gasteiger partial charge >= 0.3 is 0 Å². The van der Waals surface area contributed by atoms with Gasteiger partial charge in [-0.15, -0.1) is 0 Å². The van der Waals surface area contributed by atoms with Gasteiger partial charge in [0.2, 0.25) is 5.91 Å². The first-order chi connectivity index (χ1) is 17.0. The van der Waals surface area contributed by atoms with Crippen LogP contribution in [0.15, 0.2) is 72.9 Å². The second-order valence-corrected chi connectivity index (χ2v) is 8.38. The number of likely N-dealkylation sites (N-methyl/N-ethyl adjacent to an activating group) is 1. The molecule has 1 aliphatic rings. The molecule has 1 fully saturated rings. The summed E-state index contributed by atoms with van der Waals surface area (Å²) in [6.45, 7) is 1.24. The zero-order valence-corrected chi connectivity index (χ0v) is 19.5. The van der Waals surface area contributed by atoms with Gasteiger partial charge in [0.25, 0.3) is 5.91 Å². The van der Waals surface area contributed by atoms with Crippen molar-refractivity contribution in [3.8, 4) is 11.8 Å². The smallest absolute Gasteiger partial charge is 0.263 e. The van der Waals surface area contributed by atoms with Crippen molar-refractivity contribution < 1.29 is 14.3 Å². The van der Waals surface area contributed by atoms with Gasteiger partial charge in [0, 0.05) is 26.6 Å². The second-order valence-electron chi connectivity index (χ2n) is 8.38. The van der Waals surface area contributed by atoms with Gasteiger partial charge in [-0.2, -0.15) is 5.26 Å². The molecule has 0 spiro atoms. The molecule has 2 heterocycles. The van der Waals surface area contributed by atoms with E-state index in [-0.39, 0.29) is 11.8 Å². The quantitative estimate of drug-likeness (QED) is 0.499. The standard InChI is InChI=1S/C27H27N5O3/c1-32-16-14-23(27(32)34)35-22-11-12-24(30-18-22)31-26(33)25(21-5-3-2-4-6-21)29-15-13-19-7-9-20(17-28)10-8-19/h2-12,18,23,25,29H,13-16H2,1H3,(H,30,31,33)/t23-,25+/m1/s1. The number of amides is 2. The van der Waals surface area contributed by atoms with E-state index in [1.165, 1.54) is 6.20 Å². The fraction of sp³-hybridized carbons (Fsp3) is 0.259. The molecule has 2 N–H and O–H groups in total. The number of likely N-dealkylation sites (tertiary alicyclic amines) is 1. The van der Waals surface area contributed by atoms with Crippen LogP contribution in [0.2, 0.25) is 0 Å². The van der Waals surface area contributed by atoms with Crippen LogP contribution >= 0.6 is 0 Å². The first-order valence-corrected chi connectivity index (χ1v) is 11.5. The first-order valence-electron chi connectivity index (χ1n) is 11.5. The Balaban J connectivity index is 1.37. The average Bonchev–Trinajstić information content (AvgIpc) is 3.20. The lowest BCUT2D eigenvalue weighted by Gasteiger charge is -2.19. The molecule has 2 atom stereocenters. The molecule has 1 saturated heterocycles. The minimum Gasteiger partial charge on any atom is -0.479 e. The number of pyridine rings is 1. The monoisotopic (exact) mass is 469 g/mol. The maximum Gasteiger partial charge on any atom is 0.263 e. The number of anilines is 1. The van der Waals surface area contributed by atoms with Crippen molar-refractivity contribution in [3.05, 3.63) is 89.6 Å². The number of hydrogen-bond acceptors (Lipinski definition) is 6. The fourth-order valence-electron chi connectivity index (χ4n) is 3.90. The van der Waals surface area contributed by atoms with Gasteiger partial charge in [-0.1, -0.05) is 42.5 Å². The maximum atomic E-state index is 13.2. The minimum absolute atomic E-state index is 0.0415. The minimum atomic E-state index is -0.570. The van der Waals surface area contributed by atoms with Gasteiger partial charge in [0.15, 0.2) is 6.10 Å². The van der Waals surface area contributed by atoms with Crippen LogP contribution in [-0.4, -0.2) is 47.9 Å². The molecule has 1 aliphatic heterocycles. The van der Waals surface area contributed by atoms with Gasteiger partial charge in [0.05, 0.1) is 17.8 Å². The van der Waals surface area contributed by atoms with Crippen LogP contribution in [0.25, 0.3) is 0 Å². The highest BCUT2D eigenvalue weighted by Gasteiger charge is 2.30. The summed E-state index contributed by atoms with van der Waals surface area (Å²) < 4.78 is 5.75. The van der Waals surface area contributed by atoms with E-state index in [0.29, 0.717) is 43.1 Å². The summed E-state index contributed by atoms with van der Waals surface area (Å²) in [5, 5.41) is 15.1. The molecule has 8 heteroatoms. The number of ether oxygens (including phenoxy) is 1. The summed E-state index contributed by atoms with van der Waals surface area (Å²) in [4.78, 5) is 31.1. The molecular formula is C27H27N5O3. The Morgan fingerprint density at radius 3 is 2.57 bits per heavy atom. The highest BCUT2D eigenvalue weighted by Crippen LogP contribution is 2.20. The summed E-state index contributed by atoms with van der Waals surface area (Å²) in [6.07, 6.45) is 2.37. The Bertz CT molecular complexity index is 1190.